The van der Waals surface area contributed by atoms with E-state index in [0.717, 1.165) is 9.87 Å². The summed E-state index contributed by atoms with van der Waals surface area (Å²) in [6.07, 6.45) is 0. The highest BCUT2D eigenvalue weighted by Gasteiger charge is 2.30. The van der Waals surface area contributed by atoms with Gasteiger partial charge in [-0.1, -0.05) is 61.3 Å². The molecule has 1 atom stereocenters. The van der Waals surface area contributed by atoms with Gasteiger partial charge in [-0.15, -0.1) is 0 Å². The molecule has 0 saturated carbocycles. The van der Waals surface area contributed by atoms with Gasteiger partial charge >= 0.3 is 6.03 Å². The third-order valence-corrected chi connectivity index (χ3v) is 4.73. The maximum Gasteiger partial charge on any atom is 0.332 e. The quantitative estimate of drug-likeness (QED) is 0.508. The normalized spacial score (nSPS) is 11.4. The molecular weight excluding hydrogens is 389 g/mol. The van der Waals surface area contributed by atoms with Gasteiger partial charge in [0.05, 0.1) is 0 Å². The highest BCUT2D eigenvalue weighted by molar-refractivity contribution is 7.78. The van der Waals surface area contributed by atoms with E-state index in [1.165, 1.54) is 24.3 Å². The average molecular weight is 409 g/mol. The number of hydrogen-bond acceptors (Lipinski definition) is 3. The zero-order valence-corrected chi connectivity index (χ0v) is 16.6. The lowest BCUT2D eigenvalue weighted by Crippen LogP contribution is -2.38. The van der Waals surface area contributed by atoms with Crippen LogP contribution in [0.3, 0.4) is 0 Å². The second kappa shape index (κ2) is 9.25. The van der Waals surface area contributed by atoms with E-state index >= 15 is 0 Å². The van der Waals surface area contributed by atoms with Crippen LogP contribution in [0.5, 0.6) is 0 Å². The number of aryl methyl sites for hydroxylation is 1. The van der Waals surface area contributed by atoms with Crippen LogP contribution in [0.1, 0.15) is 17.2 Å². The van der Waals surface area contributed by atoms with Crippen LogP contribution in [0.25, 0.3) is 0 Å². The number of urea groups is 1. The highest BCUT2D eigenvalue weighted by atomic mass is 32.1. The number of halogens is 1. The van der Waals surface area contributed by atoms with Crippen LogP contribution in [0, 0.1) is 12.7 Å². The Kier molecular flexibility index (Phi) is 6.51. The molecule has 0 aliphatic carbocycles. The van der Waals surface area contributed by atoms with E-state index < -0.39 is 23.8 Å². The van der Waals surface area contributed by atoms with Crippen LogP contribution in [0.4, 0.5) is 20.6 Å². The Morgan fingerprint density at radius 3 is 2.17 bits per heavy atom. The van der Waals surface area contributed by atoms with Gasteiger partial charge < -0.3 is 10.6 Å². The molecule has 0 heterocycles. The van der Waals surface area contributed by atoms with Gasteiger partial charge in [0.2, 0.25) is 0 Å². The molecule has 148 valence electrons. The van der Waals surface area contributed by atoms with E-state index in [9.17, 15) is 14.0 Å². The van der Waals surface area contributed by atoms with Crippen LogP contribution in [0.2, 0.25) is 0 Å². The molecule has 0 spiro atoms. The fourth-order valence-electron chi connectivity index (χ4n) is 2.78. The molecule has 1 unspecified atom stereocenters. The molecule has 0 aromatic heterocycles. The second-order valence-corrected chi connectivity index (χ2v) is 6.83. The van der Waals surface area contributed by atoms with Crippen molar-refractivity contribution in [1.29, 1.82) is 0 Å². The number of amides is 3. The van der Waals surface area contributed by atoms with E-state index in [2.05, 4.69) is 23.4 Å². The third-order valence-electron chi connectivity index (χ3n) is 4.31. The number of carbonyl (C=O) groups is 2. The lowest BCUT2D eigenvalue weighted by molar-refractivity contribution is -0.119. The van der Waals surface area contributed by atoms with Crippen molar-refractivity contribution in [3.63, 3.8) is 0 Å². The number of carbonyl (C=O) groups excluding carboxylic acids is 2. The number of hydrogen-bond donors (Lipinski definition) is 3. The maximum atomic E-state index is 13.1. The number of nitrogens with zero attached hydrogens (tertiary/aromatic N) is 1. The van der Waals surface area contributed by atoms with Crippen LogP contribution in [-0.4, -0.2) is 16.2 Å². The van der Waals surface area contributed by atoms with Crippen LogP contribution in [0.15, 0.2) is 78.9 Å². The van der Waals surface area contributed by atoms with E-state index in [1.54, 1.807) is 30.3 Å². The molecular formula is C22H20FN3O2S. The van der Waals surface area contributed by atoms with Gasteiger partial charge in [-0.25, -0.2) is 9.18 Å². The molecule has 3 aromatic carbocycles. The molecule has 5 nitrogen and oxygen atoms in total. The molecule has 0 aliphatic heterocycles. The van der Waals surface area contributed by atoms with Crippen LogP contribution < -0.4 is 10.6 Å². The Balaban J connectivity index is 1.84. The van der Waals surface area contributed by atoms with Crippen LogP contribution >= 0.6 is 12.8 Å². The van der Waals surface area contributed by atoms with Gasteiger partial charge in [-0.3, -0.25) is 9.10 Å². The molecule has 7 heteroatoms. The van der Waals surface area contributed by atoms with Crippen molar-refractivity contribution in [3.05, 3.63) is 95.8 Å². The highest BCUT2D eigenvalue weighted by Crippen LogP contribution is 2.26. The lowest BCUT2D eigenvalue weighted by atomic mass is 10.1. The molecule has 0 saturated heterocycles. The standard InChI is InChI=1S/C22H20FN3O2S/c1-15-7-5-6-10-19(15)25-21(27)20(16-8-3-2-4-9-16)26(29)22(28)24-18-13-11-17(23)12-14-18/h2-14,20,29H,1H3,(H,24,28)(H,25,27). The van der Waals surface area contributed by atoms with Crippen molar-refractivity contribution in [2.24, 2.45) is 0 Å². The Hall–Kier alpha value is -3.32. The first-order valence-electron chi connectivity index (χ1n) is 8.92. The number of rotatable bonds is 5. The van der Waals surface area contributed by atoms with Gasteiger partial charge in [0, 0.05) is 11.4 Å². The number of nitrogens with one attached hydrogen (secondary N) is 2. The summed E-state index contributed by atoms with van der Waals surface area (Å²) in [4.78, 5) is 25.8. The molecule has 3 aromatic rings. The predicted molar refractivity (Wildman–Crippen MR) is 115 cm³/mol. The zero-order valence-electron chi connectivity index (χ0n) is 15.7. The van der Waals surface area contributed by atoms with Crippen molar-refractivity contribution >= 4 is 36.1 Å². The number of anilines is 2. The molecule has 29 heavy (non-hydrogen) atoms. The maximum absolute atomic E-state index is 13.1. The molecule has 3 rings (SSSR count). The van der Waals surface area contributed by atoms with Gasteiger partial charge in [0.1, 0.15) is 11.9 Å². The van der Waals surface area contributed by atoms with E-state index in [-0.39, 0.29) is 0 Å². The van der Waals surface area contributed by atoms with Gasteiger partial charge in [0.25, 0.3) is 5.91 Å². The van der Waals surface area contributed by atoms with Crippen LogP contribution in [-0.2, 0) is 4.79 Å². The Bertz CT molecular complexity index is 996. The summed E-state index contributed by atoms with van der Waals surface area (Å²) in [5, 5.41) is 5.47. The van der Waals surface area contributed by atoms with Crippen molar-refractivity contribution in [1.82, 2.24) is 4.31 Å². The lowest BCUT2D eigenvalue weighted by Gasteiger charge is -2.27. The van der Waals surface area contributed by atoms with E-state index in [0.29, 0.717) is 16.9 Å². The minimum Gasteiger partial charge on any atom is -0.324 e. The average Bonchev–Trinajstić information content (AvgIpc) is 2.72. The summed E-state index contributed by atoms with van der Waals surface area (Å²) in [6, 6.07) is 20.0. The topological polar surface area (TPSA) is 61.4 Å². The van der Waals surface area contributed by atoms with Crippen molar-refractivity contribution in [2.45, 2.75) is 13.0 Å². The SMILES string of the molecule is Cc1ccccc1NC(=O)C(c1ccccc1)N(S)C(=O)Nc1ccc(F)cc1. The number of benzene rings is 3. The molecule has 0 aliphatic rings. The molecule has 0 fully saturated rings. The van der Waals surface area contributed by atoms with Gasteiger partial charge in [0.15, 0.2) is 0 Å². The monoisotopic (exact) mass is 409 g/mol. The third kappa shape index (κ3) is 5.14. The Morgan fingerprint density at radius 2 is 1.52 bits per heavy atom. The first-order valence-corrected chi connectivity index (χ1v) is 9.32. The summed E-state index contributed by atoms with van der Waals surface area (Å²) in [6.45, 7) is 1.88. The van der Waals surface area contributed by atoms with Gasteiger partial charge in [-0.05, 0) is 48.4 Å². The number of thiol groups is 1. The smallest absolute Gasteiger partial charge is 0.324 e. The minimum atomic E-state index is -0.986. The largest absolute Gasteiger partial charge is 0.332 e. The van der Waals surface area contributed by atoms with Gasteiger partial charge in [-0.2, -0.15) is 0 Å². The Labute approximate surface area is 174 Å². The first-order chi connectivity index (χ1) is 14.0. The Morgan fingerprint density at radius 1 is 0.897 bits per heavy atom. The first kappa shape index (κ1) is 20.4. The van der Waals surface area contributed by atoms with Crippen molar-refractivity contribution in [2.75, 3.05) is 10.6 Å². The fraction of sp³-hybridized carbons (Fsp3) is 0.0909. The summed E-state index contributed by atoms with van der Waals surface area (Å²) in [5.74, 6) is -0.819. The summed E-state index contributed by atoms with van der Waals surface area (Å²) in [7, 11) is 0. The molecule has 0 radical (unpaired) electrons. The fourth-order valence-corrected chi connectivity index (χ4v) is 3.07. The van der Waals surface area contributed by atoms with E-state index in [4.69, 9.17) is 0 Å². The summed E-state index contributed by atoms with van der Waals surface area (Å²) < 4.78 is 14.1. The summed E-state index contributed by atoms with van der Waals surface area (Å²) >= 11 is 4.30. The molecule has 0 bridgehead atoms. The molecule has 2 N–H and O–H groups in total. The number of para-hydroxylation sites is 1. The van der Waals surface area contributed by atoms with Crippen molar-refractivity contribution in [3.8, 4) is 0 Å². The minimum absolute atomic E-state index is 0.390. The second-order valence-electron chi connectivity index (χ2n) is 6.40. The summed E-state index contributed by atoms with van der Waals surface area (Å²) in [5.41, 5.74) is 2.54. The van der Waals surface area contributed by atoms with Crippen molar-refractivity contribution < 1.29 is 14.0 Å². The molecule has 3 amide bonds. The zero-order chi connectivity index (χ0) is 20.8. The predicted octanol–water partition coefficient (Wildman–Crippen LogP) is 5.19. The van der Waals surface area contributed by atoms with E-state index in [1.807, 2.05) is 31.2 Å².